The number of phenolic OH excluding ortho intramolecular Hbond substituents is 2. The second kappa shape index (κ2) is 5.63. The van der Waals surface area contributed by atoms with E-state index in [1.165, 1.54) is 30.6 Å². The summed E-state index contributed by atoms with van der Waals surface area (Å²) in [6.45, 7) is 0. The molecule has 0 aliphatic rings. The van der Waals surface area contributed by atoms with Crippen LogP contribution in [-0.2, 0) is 0 Å². The van der Waals surface area contributed by atoms with Gasteiger partial charge in [-0.3, -0.25) is 9.78 Å². The first-order chi connectivity index (χ1) is 9.16. The van der Waals surface area contributed by atoms with E-state index in [0.717, 1.165) is 0 Å². The van der Waals surface area contributed by atoms with Gasteiger partial charge in [0, 0.05) is 18.0 Å². The van der Waals surface area contributed by atoms with Crippen molar-refractivity contribution in [3.63, 3.8) is 0 Å². The van der Waals surface area contributed by atoms with Crippen molar-refractivity contribution in [2.75, 3.05) is 0 Å². The van der Waals surface area contributed by atoms with Gasteiger partial charge in [-0.15, -0.1) is 0 Å². The molecule has 96 valence electrons. The fourth-order valence-corrected chi connectivity index (χ4v) is 1.37. The maximum Gasteiger partial charge on any atom is 0.272 e. The van der Waals surface area contributed by atoms with Crippen LogP contribution in [0.25, 0.3) is 0 Å². The zero-order chi connectivity index (χ0) is 13.7. The molecule has 2 rings (SSSR count). The van der Waals surface area contributed by atoms with E-state index in [1.54, 1.807) is 18.3 Å². The van der Waals surface area contributed by atoms with Crippen molar-refractivity contribution in [2.24, 2.45) is 5.10 Å². The van der Waals surface area contributed by atoms with Crippen LogP contribution in [0, 0.1) is 0 Å². The molecule has 3 N–H and O–H groups in total. The van der Waals surface area contributed by atoms with Crippen LogP contribution < -0.4 is 5.43 Å². The van der Waals surface area contributed by atoms with Gasteiger partial charge >= 0.3 is 0 Å². The largest absolute Gasteiger partial charge is 0.508 e. The van der Waals surface area contributed by atoms with Gasteiger partial charge in [-0.05, 0) is 30.3 Å². The molecule has 2 aromatic rings. The lowest BCUT2D eigenvalue weighted by atomic mass is 10.2. The normalized spacial score (nSPS) is 10.5. The summed E-state index contributed by atoms with van der Waals surface area (Å²) in [6.07, 6.45) is 4.21. The predicted octanol–water partition coefficient (Wildman–Crippen LogP) is 1.26. The standard InChI is InChI=1S/C13H11N3O3/c17-11-3-4-12(18)10(6-11)8-15-16-13(19)9-2-1-5-14-7-9/h1-8,17-18H,(H,16,19)/b15-8+. The Morgan fingerprint density at radius 3 is 2.89 bits per heavy atom. The highest BCUT2D eigenvalue weighted by Gasteiger charge is 2.03. The molecule has 1 aromatic carbocycles. The van der Waals surface area contributed by atoms with Gasteiger partial charge in [0.1, 0.15) is 11.5 Å². The van der Waals surface area contributed by atoms with Crippen molar-refractivity contribution >= 4 is 12.1 Å². The highest BCUT2D eigenvalue weighted by molar-refractivity contribution is 5.94. The lowest BCUT2D eigenvalue weighted by Gasteiger charge is -2.00. The van der Waals surface area contributed by atoms with E-state index in [2.05, 4.69) is 15.5 Å². The summed E-state index contributed by atoms with van der Waals surface area (Å²) in [5.41, 5.74) is 2.96. The number of hydrogen-bond donors (Lipinski definition) is 3. The second-order valence-electron chi connectivity index (χ2n) is 3.68. The van der Waals surface area contributed by atoms with Gasteiger partial charge in [-0.2, -0.15) is 5.10 Å². The molecule has 0 atom stereocenters. The molecule has 1 aromatic heterocycles. The topological polar surface area (TPSA) is 94.8 Å². The molecule has 0 radical (unpaired) electrons. The van der Waals surface area contributed by atoms with Crippen molar-refractivity contribution < 1.29 is 15.0 Å². The maximum atomic E-state index is 11.6. The zero-order valence-electron chi connectivity index (χ0n) is 9.82. The van der Waals surface area contributed by atoms with Crippen LogP contribution in [0.3, 0.4) is 0 Å². The minimum Gasteiger partial charge on any atom is -0.508 e. The Bertz CT molecular complexity index is 612. The Hall–Kier alpha value is -2.89. The lowest BCUT2D eigenvalue weighted by Crippen LogP contribution is -2.17. The predicted molar refractivity (Wildman–Crippen MR) is 69.1 cm³/mol. The summed E-state index contributed by atoms with van der Waals surface area (Å²) in [5.74, 6) is -0.459. The van der Waals surface area contributed by atoms with Gasteiger partial charge in [-0.1, -0.05) is 0 Å². The van der Waals surface area contributed by atoms with Crippen molar-refractivity contribution in [1.82, 2.24) is 10.4 Å². The van der Waals surface area contributed by atoms with E-state index < -0.39 is 5.91 Å². The molecule has 0 fully saturated rings. The maximum absolute atomic E-state index is 11.6. The van der Waals surface area contributed by atoms with Gasteiger partial charge in [0.15, 0.2) is 0 Å². The minimum absolute atomic E-state index is 0.00200. The number of phenols is 2. The molecule has 0 aliphatic carbocycles. The summed E-state index contributed by atoms with van der Waals surface area (Å²) in [6, 6.07) is 7.25. The summed E-state index contributed by atoms with van der Waals surface area (Å²) in [5, 5.41) is 22.4. The van der Waals surface area contributed by atoms with Crippen LogP contribution in [-0.4, -0.2) is 27.3 Å². The van der Waals surface area contributed by atoms with Gasteiger partial charge in [0.05, 0.1) is 11.8 Å². The first-order valence-electron chi connectivity index (χ1n) is 5.42. The summed E-state index contributed by atoms with van der Waals surface area (Å²) in [4.78, 5) is 15.4. The van der Waals surface area contributed by atoms with Crippen molar-refractivity contribution in [3.8, 4) is 11.5 Å². The van der Waals surface area contributed by atoms with Crippen LogP contribution in [0.1, 0.15) is 15.9 Å². The number of rotatable bonds is 3. The molecule has 0 unspecified atom stereocenters. The van der Waals surface area contributed by atoms with Crippen molar-refractivity contribution in [3.05, 3.63) is 53.9 Å². The SMILES string of the molecule is O=C(N/N=C/c1cc(O)ccc1O)c1cccnc1. The third-order valence-corrected chi connectivity index (χ3v) is 2.30. The number of benzene rings is 1. The molecule has 1 amide bonds. The monoisotopic (exact) mass is 257 g/mol. The van der Waals surface area contributed by atoms with Gasteiger partial charge in [-0.25, -0.2) is 5.43 Å². The average Bonchev–Trinajstić information content (AvgIpc) is 2.43. The third-order valence-electron chi connectivity index (χ3n) is 2.30. The average molecular weight is 257 g/mol. The quantitative estimate of drug-likeness (QED) is 0.438. The Kier molecular flexibility index (Phi) is 3.72. The smallest absolute Gasteiger partial charge is 0.272 e. The highest BCUT2D eigenvalue weighted by atomic mass is 16.3. The van der Waals surface area contributed by atoms with Crippen LogP contribution in [0.4, 0.5) is 0 Å². The number of carbonyl (C=O) groups is 1. The molecule has 0 bridgehead atoms. The first-order valence-corrected chi connectivity index (χ1v) is 5.42. The molecule has 6 nitrogen and oxygen atoms in total. The molecule has 0 saturated carbocycles. The number of nitrogens with one attached hydrogen (secondary N) is 1. The molecular formula is C13H11N3O3. The Labute approximate surface area is 109 Å². The molecular weight excluding hydrogens is 246 g/mol. The van der Waals surface area contributed by atoms with Crippen LogP contribution in [0.15, 0.2) is 47.8 Å². The summed E-state index contributed by atoms with van der Waals surface area (Å²) < 4.78 is 0. The van der Waals surface area contributed by atoms with Crippen LogP contribution in [0.5, 0.6) is 11.5 Å². The van der Waals surface area contributed by atoms with Crippen molar-refractivity contribution in [1.29, 1.82) is 0 Å². The Balaban J connectivity index is 2.04. The van der Waals surface area contributed by atoms with Crippen LogP contribution >= 0.6 is 0 Å². The number of nitrogens with zero attached hydrogens (tertiary/aromatic N) is 2. The number of hydrogen-bond acceptors (Lipinski definition) is 5. The van der Waals surface area contributed by atoms with E-state index in [1.807, 2.05) is 0 Å². The van der Waals surface area contributed by atoms with E-state index in [9.17, 15) is 15.0 Å². The molecule has 0 saturated heterocycles. The number of aromatic hydroxyl groups is 2. The van der Waals surface area contributed by atoms with Gasteiger partial charge in [0.25, 0.3) is 5.91 Å². The molecule has 1 heterocycles. The fraction of sp³-hybridized carbons (Fsp3) is 0. The van der Waals surface area contributed by atoms with Gasteiger partial charge in [0.2, 0.25) is 0 Å². The Morgan fingerprint density at radius 1 is 1.32 bits per heavy atom. The summed E-state index contributed by atoms with van der Waals surface area (Å²) in [7, 11) is 0. The number of hydrazone groups is 1. The third kappa shape index (κ3) is 3.29. The summed E-state index contributed by atoms with van der Waals surface area (Å²) >= 11 is 0. The molecule has 0 spiro atoms. The van der Waals surface area contributed by atoms with E-state index in [-0.39, 0.29) is 11.5 Å². The number of pyridine rings is 1. The first kappa shape index (κ1) is 12.6. The van der Waals surface area contributed by atoms with E-state index >= 15 is 0 Å². The van der Waals surface area contributed by atoms with Crippen LogP contribution in [0.2, 0.25) is 0 Å². The molecule has 19 heavy (non-hydrogen) atoms. The fourth-order valence-electron chi connectivity index (χ4n) is 1.37. The number of carbonyl (C=O) groups excluding carboxylic acids is 1. The number of amides is 1. The minimum atomic E-state index is -0.413. The lowest BCUT2D eigenvalue weighted by molar-refractivity contribution is 0.0954. The molecule has 0 aliphatic heterocycles. The Morgan fingerprint density at radius 2 is 2.16 bits per heavy atom. The van der Waals surface area contributed by atoms with Crippen molar-refractivity contribution in [2.45, 2.75) is 0 Å². The second-order valence-corrected chi connectivity index (χ2v) is 3.68. The van der Waals surface area contributed by atoms with E-state index in [0.29, 0.717) is 11.1 Å². The molecule has 6 heteroatoms. The van der Waals surface area contributed by atoms with Gasteiger partial charge < -0.3 is 10.2 Å². The highest BCUT2D eigenvalue weighted by Crippen LogP contribution is 2.19. The number of aromatic nitrogens is 1. The van der Waals surface area contributed by atoms with E-state index in [4.69, 9.17) is 0 Å². The zero-order valence-corrected chi connectivity index (χ0v) is 9.82.